The molecule has 0 bridgehead atoms. The summed E-state index contributed by atoms with van der Waals surface area (Å²) in [6, 6.07) is -1.00. The Kier molecular flexibility index (Phi) is 8.03. The molecule has 0 aromatic carbocycles. The Morgan fingerprint density at radius 3 is 2.25 bits per heavy atom. The van der Waals surface area contributed by atoms with Gasteiger partial charge in [-0.3, -0.25) is 4.79 Å². The molecule has 2 aliphatic heterocycles. The number of ether oxygens (including phenoxy) is 3. The zero-order valence-corrected chi connectivity index (χ0v) is 30.4. The van der Waals surface area contributed by atoms with E-state index in [0.717, 1.165) is 64.5 Å². The first-order valence-electron chi connectivity index (χ1n) is 18.9. The Morgan fingerprint density at radius 1 is 0.958 bits per heavy atom. The van der Waals surface area contributed by atoms with Crippen LogP contribution in [0.25, 0.3) is 0 Å². The molecule has 0 aromatic rings. The number of hydrogen-bond donors (Lipinski definition) is 3. The van der Waals surface area contributed by atoms with Crippen LogP contribution in [0.1, 0.15) is 113 Å². The number of likely N-dealkylation sites (tertiary alicyclic amines) is 1. The number of carboxylic acids is 1. The van der Waals surface area contributed by atoms with Crippen molar-refractivity contribution < 1.29 is 38.8 Å². The number of amides is 2. The van der Waals surface area contributed by atoms with Crippen molar-refractivity contribution in [1.29, 1.82) is 0 Å². The van der Waals surface area contributed by atoms with Gasteiger partial charge < -0.3 is 34.6 Å². The van der Waals surface area contributed by atoms with E-state index < -0.39 is 24.2 Å². The van der Waals surface area contributed by atoms with E-state index in [1.54, 1.807) is 4.90 Å². The van der Waals surface area contributed by atoms with Crippen LogP contribution in [0, 0.1) is 56.7 Å². The summed E-state index contributed by atoms with van der Waals surface area (Å²) < 4.78 is 19.1. The van der Waals surface area contributed by atoms with Crippen molar-refractivity contribution in [1.82, 2.24) is 10.2 Å². The molecule has 7 rings (SSSR count). The van der Waals surface area contributed by atoms with Crippen LogP contribution >= 0.6 is 0 Å². The molecule has 7 fully saturated rings. The van der Waals surface area contributed by atoms with Gasteiger partial charge in [0.25, 0.3) is 0 Å². The van der Waals surface area contributed by atoms with Crippen molar-refractivity contribution in [3.8, 4) is 0 Å². The van der Waals surface area contributed by atoms with Crippen LogP contribution in [0.15, 0.2) is 0 Å². The number of carbonyl (C=O) groups is 3. The predicted octanol–water partition coefficient (Wildman–Crippen LogP) is 6.23. The first kappa shape index (κ1) is 34.4. The third kappa shape index (κ3) is 4.51. The Hall–Kier alpha value is -2.07. The molecule has 8 unspecified atom stereocenters. The van der Waals surface area contributed by atoms with Gasteiger partial charge in [0, 0.05) is 23.9 Å². The fourth-order valence-electron chi connectivity index (χ4n) is 13.5. The van der Waals surface area contributed by atoms with Crippen molar-refractivity contribution >= 4 is 18.2 Å². The van der Waals surface area contributed by atoms with Gasteiger partial charge in [0.15, 0.2) is 0 Å². The van der Waals surface area contributed by atoms with E-state index in [-0.39, 0.29) is 69.4 Å². The molecule has 48 heavy (non-hydrogen) atoms. The molecule has 2 heterocycles. The number of hydrogen-bond acceptors (Lipinski definition) is 7. The Morgan fingerprint density at radius 2 is 1.62 bits per heavy atom. The number of aliphatic hydroxyl groups is 1. The van der Waals surface area contributed by atoms with Crippen molar-refractivity contribution in [3.63, 3.8) is 0 Å². The number of carbonyl (C=O) groups excluding carboxylic acids is 2. The van der Waals surface area contributed by atoms with Gasteiger partial charge in [-0.15, -0.1) is 0 Å². The number of nitrogens with zero attached hydrogens (tertiary/aromatic N) is 1. The van der Waals surface area contributed by atoms with Crippen molar-refractivity contribution in [2.24, 2.45) is 56.7 Å². The van der Waals surface area contributed by atoms with E-state index in [1.165, 1.54) is 13.3 Å². The Labute approximate surface area is 286 Å². The number of fused-ring (bicyclic) bond motifs is 4. The van der Waals surface area contributed by atoms with Crippen LogP contribution in [-0.2, 0) is 19.0 Å². The molecular formula is C38H60N2O8. The highest BCUT2D eigenvalue weighted by Crippen LogP contribution is 2.89. The zero-order chi connectivity index (χ0) is 34.8. The highest BCUT2D eigenvalue weighted by molar-refractivity contribution is 5.79. The Bertz CT molecular complexity index is 1330. The molecule has 5 aliphatic carbocycles. The summed E-state index contributed by atoms with van der Waals surface area (Å²) in [6.07, 6.45) is 6.43. The number of alkyl carbamates (subject to hydrolysis) is 1. The summed E-state index contributed by atoms with van der Waals surface area (Å²) in [5.74, 6) is 0.372. The molecule has 14 atom stereocenters. The number of carboxylic acid groups (broad SMARTS) is 1. The highest BCUT2D eigenvalue weighted by atomic mass is 16.6. The van der Waals surface area contributed by atoms with E-state index in [2.05, 4.69) is 53.8 Å². The molecule has 2 amide bonds. The lowest BCUT2D eigenvalue weighted by molar-refractivity contribution is -0.185. The van der Waals surface area contributed by atoms with E-state index >= 15 is 0 Å². The number of rotatable bonds is 6. The van der Waals surface area contributed by atoms with Crippen LogP contribution in [-0.4, -0.2) is 82.9 Å². The number of aliphatic carboxylic acids is 1. The van der Waals surface area contributed by atoms with Crippen LogP contribution in [0.2, 0.25) is 0 Å². The van der Waals surface area contributed by atoms with E-state index in [0.29, 0.717) is 17.8 Å². The highest BCUT2D eigenvalue weighted by Gasteiger charge is 2.84. The van der Waals surface area contributed by atoms with Crippen LogP contribution in [0.3, 0.4) is 0 Å². The van der Waals surface area contributed by atoms with Gasteiger partial charge >= 0.3 is 18.2 Å². The van der Waals surface area contributed by atoms with E-state index in [1.807, 2.05) is 0 Å². The first-order chi connectivity index (χ1) is 22.4. The molecule has 7 aliphatic rings. The van der Waals surface area contributed by atoms with Gasteiger partial charge in [-0.2, -0.15) is 0 Å². The van der Waals surface area contributed by atoms with Gasteiger partial charge in [-0.25, -0.2) is 9.59 Å². The molecule has 5 saturated carbocycles. The lowest BCUT2D eigenvalue weighted by Crippen LogP contribution is -2.60. The van der Waals surface area contributed by atoms with Crippen LogP contribution in [0.4, 0.5) is 9.59 Å². The quantitative estimate of drug-likeness (QED) is 0.302. The standard InChI is InChI=1S/C38H60N2O8/c1-20(2)28(48-33(45)40-16-9-17-40)23-18-21(3)27-29(46-23)30(41)36(8)25-11-10-24-34(5,6)26(47-32(44)39-22(4)31(42)43)12-13-37(24)19-38(25,37)15-14-35(27,36)7/h20-30,41H,9-19H2,1-8H3,(H,39,44)(H,42,43)/t21-,22?,23?,24+,25?,26?,27+,28-,29?,30+,35?,36-,37?,38?/m1/s1. The second-order valence-corrected chi connectivity index (χ2v) is 18.6. The fourth-order valence-corrected chi connectivity index (χ4v) is 13.5. The average Bonchev–Trinajstić information content (AvgIpc) is 3.61. The molecule has 0 radical (unpaired) electrons. The number of aliphatic hydroxyl groups excluding tert-OH is 1. The molecule has 0 aromatic heterocycles. The van der Waals surface area contributed by atoms with Crippen LogP contribution in [0.5, 0.6) is 0 Å². The maximum atomic E-state index is 12.9. The molecule has 2 spiro atoms. The molecule has 2 saturated heterocycles. The minimum Gasteiger partial charge on any atom is -0.480 e. The average molecular weight is 673 g/mol. The minimum absolute atomic E-state index is 0.0651. The van der Waals surface area contributed by atoms with Gasteiger partial charge in [-0.1, -0.05) is 48.5 Å². The fraction of sp³-hybridized carbons (Fsp3) is 0.921. The summed E-state index contributed by atoms with van der Waals surface area (Å²) in [6.45, 7) is 18.8. The third-order valence-corrected chi connectivity index (χ3v) is 16.1. The molecule has 10 heteroatoms. The third-order valence-electron chi connectivity index (χ3n) is 16.1. The van der Waals surface area contributed by atoms with Crippen LogP contribution < -0.4 is 5.32 Å². The minimum atomic E-state index is -1.08. The molecule has 3 N–H and O–H groups in total. The summed E-state index contributed by atoms with van der Waals surface area (Å²) in [5, 5.41) is 24.3. The van der Waals surface area contributed by atoms with Gasteiger partial charge in [-0.05, 0) is 111 Å². The molecule has 10 nitrogen and oxygen atoms in total. The number of nitrogens with one attached hydrogen (secondary N) is 1. The Balaban J connectivity index is 1.11. The predicted molar refractivity (Wildman–Crippen MR) is 178 cm³/mol. The summed E-state index contributed by atoms with van der Waals surface area (Å²) in [4.78, 5) is 38.7. The largest absolute Gasteiger partial charge is 0.480 e. The van der Waals surface area contributed by atoms with Gasteiger partial charge in [0.05, 0.1) is 18.3 Å². The SMILES string of the molecule is CC(NC(=O)OC1CCC23CC24CCC2(C)[C@@H]5C(OC([C@H](OC(=O)N6CCC6)C(C)C)C[C@H]5C)[C@H](O)[C@@]2(C)C4CC[C@H]3C1(C)C)C(=O)O. The molecule has 270 valence electrons. The summed E-state index contributed by atoms with van der Waals surface area (Å²) in [7, 11) is 0. The lowest BCUT2D eigenvalue weighted by Gasteiger charge is -2.63. The topological polar surface area (TPSA) is 135 Å². The van der Waals surface area contributed by atoms with E-state index in [4.69, 9.17) is 14.2 Å². The van der Waals surface area contributed by atoms with Gasteiger partial charge in [0.1, 0.15) is 18.2 Å². The van der Waals surface area contributed by atoms with Crippen molar-refractivity contribution in [2.45, 2.75) is 150 Å². The summed E-state index contributed by atoms with van der Waals surface area (Å²) in [5.41, 5.74) is -0.277. The lowest BCUT2D eigenvalue weighted by atomic mass is 9.41. The monoisotopic (exact) mass is 672 g/mol. The van der Waals surface area contributed by atoms with Gasteiger partial charge in [0.2, 0.25) is 0 Å². The second-order valence-electron chi connectivity index (χ2n) is 18.6. The smallest absolute Gasteiger partial charge is 0.410 e. The van der Waals surface area contributed by atoms with E-state index in [9.17, 15) is 24.6 Å². The molecular weight excluding hydrogens is 612 g/mol. The van der Waals surface area contributed by atoms with Crippen molar-refractivity contribution in [3.05, 3.63) is 0 Å². The zero-order valence-electron chi connectivity index (χ0n) is 30.4. The normalized spacial score (nSPS) is 47.9. The second kappa shape index (κ2) is 11.2. The summed E-state index contributed by atoms with van der Waals surface area (Å²) >= 11 is 0. The van der Waals surface area contributed by atoms with Crippen molar-refractivity contribution in [2.75, 3.05) is 13.1 Å². The first-order valence-corrected chi connectivity index (χ1v) is 18.9. The maximum absolute atomic E-state index is 12.9. The maximum Gasteiger partial charge on any atom is 0.410 e.